The number of rotatable bonds is 7. The number of furan rings is 2. The lowest BCUT2D eigenvalue weighted by Crippen LogP contribution is -2.00. The molecule has 4 aromatic heterocycles. The van der Waals surface area contributed by atoms with Crippen LogP contribution in [0.1, 0.15) is 0 Å². The van der Waals surface area contributed by atoms with Crippen molar-refractivity contribution in [3.05, 3.63) is 231 Å². The third-order valence-electron chi connectivity index (χ3n) is 13.5. The van der Waals surface area contributed by atoms with Gasteiger partial charge in [-0.05, 0) is 88.5 Å². The predicted octanol–water partition coefficient (Wildman–Crippen LogP) is 16.8. The van der Waals surface area contributed by atoms with Gasteiger partial charge < -0.3 is 13.4 Å². The summed E-state index contributed by atoms with van der Waals surface area (Å²) in [5, 5.41) is 6.57. The van der Waals surface area contributed by atoms with E-state index in [1.165, 1.54) is 10.8 Å². The van der Waals surface area contributed by atoms with Gasteiger partial charge in [0.1, 0.15) is 22.3 Å². The summed E-state index contributed by atoms with van der Waals surface area (Å²) in [6.45, 7) is 0. The molecule has 69 heavy (non-hydrogen) atoms. The van der Waals surface area contributed by atoms with Gasteiger partial charge in [-0.25, -0.2) is 15.0 Å². The van der Waals surface area contributed by atoms with Crippen LogP contribution in [0.5, 0.6) is 0 Å². The Morgan fingerprint density at radius 1 is 0.290 bits per heavy atom. The minimum Gasteiger partial charge on any atom is -0.456 e. The number of aromatic nitrogens is 4. The summed E-state index contributed by atoms with van der Waals surface area (Å²) < 4.78 is 15.3. The largest absolute Gasteiger partial charge is 0.456 e. The van der Waals surface area contributed by atoms with Crippen molar-refractivity contribution < 1.29 is 8.83 Å². The summed E-state index contributed by atoms with van der Waals surface area (Å²) in [5.41, 5.74) is 16.2. The van der Waals surface area contributed by atoms with Crippen LogP contribution in [0.15, 0.2) is 239 Å². The molecule has 0 aliphatic rings. The zero-order chi connectivity index (χ0) is 45.4. The summed E-state index contributed by atoms with van der Waals surface area (Å²) in [6.07, 6.45) is 0. The number of hydrogen-bond acceptors (Lipinski definition) is 5. The van der Waals surface area contributed by atoms with Crippen LogP contribution >= 0.6 is 0 Å². The van der Waals surface area contributed by atoms with E-state index in [1.54, 1.807) is 0 Å². The molecular weight excluding hydrogens is 845 g/mol. The maximum Gasteiger partial charge on any atom is 0.164 e. The van der Waals surface area contributed by atoms with Crippen molar-refractivity contribution >= 4 is 65.7 Å². The average molecular weight is 883 g/mol. The standard InChI is InChI=1S/C63H38N4O2/c1-4-14-41(15-5-1)61-64-62(42-16-6-2-7-17-42)66-63(65-61)50-23-13-25-58-59(50)53-38-45(32-35-57(53)68-58)44-31-34-55-52(37-44)51-36-43(30-33-54(51)67(55)46-18-8-3-9-19-46)39-26-28-40(29-27-39)47-21-12-22-49-48-20-10-11-24-56(48)69-60(47)49/h1-38H. The molecule has 6 heteroatoms. The summed E-state index contributed by atoms with van der Waals surface area (Å²) >= 11 is 0. The molecule has 0 fully saturated rings. The Labute approximate surface area is 396 Å². The van der Waals surface area contributed by atoms with Crippen LogP contribution in [0.2, 0.25) is 0 Å². The van der Waals surface area contributed by atoms with Gasteiger partial charge in [0.2, 0.25) is 0 Å². The van der Waals surface area contributed by atoms with Gasteiger partial charge in [-0.2, -0.15) is 0 Å². The zero-order valence-electron chi connectivity index (χ0n) is 37.0. The SMILES string of the molecule is c1ccc(-c2nc(-c3ccccc3)nc(-c3cccc4oc5ccc(-c6ccc7c(c6)c6cc(-c8ccc(-c9cccc%10c9oc9ccccc9%10)cc8)ccc6n7-c6ccccc6)cc5c34)n2)cc1. The topological polar surface area (TPSA) is 69.9 Å². The number of hydrogen-bond donors (Lipinski definition) is 0. The molecule has 0 spiro atoms. The van der Waals surface area contributed by atoms with E-state index in [2.05, 4.69) is 150 Å². The second kappa shape index (κ2) is 15.6. The Hall–Kier alpha value is -9.39. The number of para-hydroxylation sites is 3. The van der Waals surface area contributed by atoms with Crippen LogP contribution in [-0.2, 0) is 0 Å². The average Bonchev–Trinajstić information content (AvgIpc) is 4.10. The fourth-order valence-corrected chi connectivity index (χ4v) is 10.2. The maximum absolute atomic E-state index is 6.56. The quantitative estimate of drug-likeness (QED) is 0.159. The van der Waals surface area contributed by atoms with Crippen LogP contribution in [0, 0.1) is 0 Å². The molecular formula is C63H38N4O2. The predicted molar refractivity (Wildman–Crippen MR) is 281 cm³/mol. The van der Waals surface area contributed by atoms with Crippen molar-refractivity contribution in [1.82, 2.24) is 19.5 Å². The Bertz CT molecular complexity index is 4230. The van der Waals surface area contributed by atoms with Crippen LogP contribution in [-0.4, -0.2) is 19.5 Å². The van der Waals surface area contributed by atoms with Crippen LogP contribution in [0.4, 0.5) is 0 Å². The highest BCUT2D eigenvalue weighted by molar-refractivity contribution is 6.15. The Kier molecular flexibility index (Phi) is 8.79. The maximum atomic E-state index is 6.56. The molecule has 0 aliphatic heterocycles. The Balaban J connectivity index is 0.896. The first-order valence-electron chi connectivity index (χ1n) is 23.2. The van der Waals surface area contributed by atoms with Gasteiger partial charge in [-0.1, -0.05) is 170 Å². The molecule has 0 saturated carbocycles. The molecule has 0 atom stereocenters. The molecule has 0 saturated heterocycles. The molecule has 0 bridgehead atoms. The third kappa shape index (κ3) is 6.45. The van der Waals surface area contributed by atoms with Gasteiger partial charge in [-0.15, -0.1) is 0 Å². The van der Waals surface area contributed by atoms with Gasteiger partial charge in [-0.3, -0.25) is 0 Å². The van der Waals surface area contributed by atoms with Crippen LogP contribution in [0.3, 0.4) is 0 Å². The first kappa shape index (κ1) is 38.8. The first-order valence-corrected chi connectivity index (χ1v) is 23.2. The van der Waals surface area contributed by atoms with E-state index < -0.39 is 0 Å². The third-order valence-corrected chi connectivity index (χ3v) is 13.5. The van der Waals surface area contributed by atoms with E-state index >= 15 is 0 Å². The van der Waals surface area contributed by atoms with Crippen molar-refractivity contribution in [3.63, 3.8) is 0 Å². The van der Waals surface area contributed by atoms with E-state index in [-0.39, 0.29) is 0 Å². The lowest BCUT2D eigenvalue weighted by Gasteiger charge is -2.09. The van der Waals surface area contributed by atoms with E-state index in [4.69, 9.17) is 23.8 Å². The van der Waals surface area contributed by atoms with Gasteiger partial charge in [0.15, 0.2) is 17.5 Å². The molecule has 322 valence electrons. The highest BCUT2D eigenvalue weighted by atomic mass is 16.3. The smallest absolute Gasteiger partial charge is 0.164 e. The molecule has 10 aromatic carbocycles. The summed E-state index contributed by atoms with van der Waals surface area (Å²) in [4.78, 5) is 15.2. The molecule has 0 unspecified atom stereocenters. The summed E-state index contributed by atoms with van der Waals surface area (Å²) in [6, 6.07) is 80.6. The normalized spacial score (nSPS) is 11.8. The molecule has 0 aliphatic carbocycles. The van der Waals surface area contributed by atoms with E-state index in [0.717, 1.165) is 111 Å². The fourth-order valence-electron chi connectivity index (χ4n) is 10.2. The minimum absolute atomic E-state index is 0.588. The minimum atomic E-state index is 0.588. The molecule has 14 aromatic rings. The molecule has 0 N–H and O–H groups in total. The molecule has 0 amide bonds. The summed E-state index contributed by atoms with van der Waals surface area (Å²) in [7, 11) is 0. The number of benzene rings is 10. The van der Waals surface area contributed by atoms with Gasteiger partial charge in [0.25, 0.3) is 0 Å². The van der Waals surface area contributed by atoms with Crippen LogP contribution < -0.4 is 0 Å². The van der Waals surface area contributed by atoms with Crippen LogP contribution in [0.25, 0.3) is 139 Å². The molecule has 14 rings (SSSR count). The first-order chi connectivity index (χ1) is 34.2. The van der Waals surface area contributed by atoms with Gasteiger partial charge in [0, 0.05) is 60.3 Å². The van der Waals surface area contributed by atoms with Crippen molar-refractivity contribution in [2.24, 2.45) is 0 Å². The molecule has 4 heterocycles. The van der Waals surface area contributed by atoms with E-state index in [1.807, 2.05) is 84.9 Å². The van der Waals surface area contributed by atoms with Crippen molar-refractivity contribution in [1.29, 1.82) is 0 Å². The Morgan fingerprint density at radius 2 is 0.783 bits per heavy atom. The lowest BCUT2D eigenvalue weighted by atomic mass is 9.97. The molecule has 0 radical (unpaired) electrons. The second-order valence-electron chi connectivity index (χ2n) is 17.5. The molecule has 6 nitrogen and oxygen atoms in total. The van der Waals surface area contributed by atoms with Crippen molar-refractivity contribution in [2.45, 2.75) is 0 Å². The van der Waals surface area contributed by atoms with E-state index in [0.29, 0.717) is 17.5 Å². The highest BCUT2D eigenvalue weighted by Gasteiger charge is 2.20. The zero-order valence-corrected chi connectivity index (χ0v) is 37.0. The Morgan fingerprint density at radius 3 is 1.48 bits per heavy atom. The summed E-state index contributed by atoms with van der Waals surface area (Å²) in [5.74, 6) is 1.82. The van der Waals surface area contributed by atoms with Crippen molar-refractivity contribution in [2.75, 3.05) is 0 Å². The monoisotopic (exact) mass is 882 g/mol. The number of nitrogens with zero attached hydrogens (tertiary/aromatic N) is 4. The highest BCUT2D eigenvalue weighted by Crippen LogP contribution is 2.42. The number of fused-ring (bicyclic) bond motifs is 9. The van der Waals surface area contributed by atoms with Gasteiger partial charge >= 0.3 is 0 Å². The second-order valence-corrected chi connectivity index (χ2v) is 17.5. The lowest BCUT2D eigenvalue weighted by molar-refractivity contribution is 0.669. The van der Waals surface area contributed by atoms with Gasteiger partial charge in [0.05, 0.1) is 11.0 Å². The van der Waals surface area contributed by atoms with Crippen molar-refractivity contribution in [3.8, 4) is 73.2 Å². The van der Waals surface area contributed by atoms with E-state index in [9.17, 15) is 0 Å². The fraction of sp³-hybridized carbons (Fsp3) is 0.